The zero-order valence-corrected chi connectivity index (χ0v) is 12.8. The van der Waals surface area contributed by atoms with Gasteiger partial charge in [0.1, 0.15) is 11.9 Å². The highest BCUT2D eigenvalue weighted by Crippen LogP contribution is 2.37. The second-order valence-electron chi connectivity index (χ2n) is 6.93. The van der Waals surface area contributed by atoms with Crippen LogP contribution in [0.3, 0.4) is 0 Å². The fourth-order valence-corrected chi connectivity index (χ4v) is 3.35. The Bertz CT molecular complexity index is 554. The van der Waals surface area contributed by atoms with Gasteiger partial charge in [0.05, 0.1) is 0 Å². The zero-order valence-electron chi connectivity index (χ0n) is 12.8. The lowest BCUT2D eigenvalue weighted by Crippen LogP contribution is -2.51. The van der Waals surface area contributed by atoms with Gasteiger partial charge in [-0.15, -0.1) is 0 Å². The lowest BCUT2D eigenvalue weighted by molar-refractivity contribution is -0.116. The highest BCUT2D eigenvalue weighted by Gasteiger charge is 2.37. The van der Waals surface area contributed by atoms with Gasteiger partial charge >= 0.3 is 0 Å². The van der Waals surface area contributed by atoms with Crippen LogP contribution in [0.25, 0.3) is 0 Å². The number of ether oxygens (including phenoxy) is 1. The third kappa shape index (κ3) is 2.91. The van der Waals surface area contributed by atoms with Gasteiger partial charge in [-0.05, 0) is 54.9 Å². The Morgan fingerprint density at radius 3 is 2.95 bits per heavy atom. The number of hydrogen-bond acceptors (Lipinski definition) is 3. The van der Waals surface area contributed by atoms with E-state index in [1.165, 1.54) is 0 Å². The average Bonchev–Trinajstić information content (AvgIpc) is 2.44. The molecule has 1 aromatic rings. The van der Waals surface area contributed by atoms with Crippen LogP contribution in [-0.4, -0.2) is 18.1 Å². The van der Waals surface area contributed by atoms with E-state index < -0.39 is 0 Å². The summed E-state index contributed by atoms with van der Waals surface area (Å²) in [5.74, 6) is 0.954. The van der Waals surface area contributed by atoms with Gasteiger partial charge in [-0.2, -0.15) is 0 Å². The zero-order chi connectivity index (χ0) is 15.0. The number of fused-ring (bicyclic) bond motifs is 1. The van der Waals surface area contributed by atoms with Gasteiger partial charge in [-0.25, -0.2) is 0 Å². The average molecular weight is 288 g/mol. The fourth-order valence-electron chi connectivity index (χ4n) is 3.35. The molecule has 0 saturated heterocycles. The molecule has 1 aromatic carbocycles. The Labute approximate surface area is 126 Å². The third-order valence-electron chi connectivity index (χ3n) is 4.87. The van der Waals surface area contributed by atoms with E-state index in [4.69, 9.17) is 10.5 Å². The molecule has 0 aromatic heterocycles. The molecule has 114 valence electrons. The Hall–Kier alpha value is -1.55. The number of hydrogen-bond donors (Lipinski definition) is 2. The van der Waals surface area contributed by atoms with E-state index in [9.17, 15) is 4.79 Å². The van der Waals surface area contributed by atoms with E-state index in [0.717, 1.165) is 42.7 Å². The number of rotatable bonds is 2. The Kier molecular flexibility index (Phi) is 3.66. The highest BCUT2D eigenvalue weighted by atomic mass is 16.5. The monoisotopic (exact) mass is 288 g/mol. The van der Waals surface area contributed by atoms with Gasteiger partial charge in [0, 0.05) is 18.2 Å². The molecule has 1 fully saturated rings. The van der Waals surface area contributed by atoms with Gasteiger partial charge in [0.2, 0.25) is 5.91 Å². The van der Waals surface area contributed by atoms with Crippen LogP contribution in [-0.2, 0) is 11.2 Å². The Morgan fingerprint density at radius 2 is 2.14 bits per heavy atom. The predicted molar refractivity (Wildman–Crippen MR) is 83.4 cm³/mol. The second-order valence-corrected chi connectivity index (χ2v) is 6.93. The molecule has 4 nitrogen and oxygen atoms in total. The molecule has 2 unspecified atom stereocenters. The van der Waals surface area contributed by atoms with Crippen molar-refractivity contribution in [1.29, 1.82) is 0 Å². The summed E-state index contributed by atoms with van der Waals surface area (Å²) in [6, 6.07) is 5.96. The van der Waals surface area contributed by atoms with Gasteiger partial charge in [-0.3, -0.25) is 4.79 Å². The van der Waals surface area contributed by atoms with Crippen molar-refractivity contribution in [3.63, 3.8) is 0 Å². The van der Waals surface area contributed by atoms with E-state index in [1.807, 2.05) is 18.2 Å². The molecular formula is C17H24N2O2. The first kappa shape index (κ1) is 14.4. The number of carbonyl (C=O) groups is 1. The SMILES string of the molecule is CC1(C)CCCC(Oc2ccc3c(c2)CCC(=O)N3)C1N. The summed E-state index contributed by atoms with van der Waals surface area (Å²) < 4.78 is 6.16. The van der Waals surface area contributed by atoms with Crippen molar-refractivity contribution < 1.29 is 9.53 Å². The van der Waals surface area contributed by atoms with Gasteiger partial charge in [0.25, 0.3) is 0 Å². The molecule has 1 aliphatic heterocycles. The lowest BCUT2D eigenvalue weighted by atomic mass is 9.72. The maximum atomic E-state index is 11.4. The molecule has 1 amide bonds. The molecule has 1 saturated carbocycles. The topological polar surface area (TPSA) is 64.3 Å². The lowest BCUT2D eigenvalue weighted by Gasteiger charge is -2.41. The number of nitrogens with two attached hydrogens (primary N) is 1. The first-order chi connectivity index (χ1) is 9.95. The van der Waals surface area contributed by atoms with Crippen molar-refractivity contribution in [3.8, 4) is 5.75 Å². The predicted octanol–water partition coefficient (Wildman–Crippen LogP) is 2.86. The Morgan fingerprint density at radius 1 is 1.33 bits per heavy atom. The first-order valence-corrected chi connectivity index (χ1v) is 7.81. The van der Waals surface area contributed by atoms with Crippen LogP contribution in [0.4, 0.5) is 5.69 Å². The Balaban J connectivity index is 1.75. The van der Waals surface area contributed by atoms with E-state index >= 15 is 0 Å². The minimum atomic E-state index is 0.0574. The summed E-state index contributed by atoms with van der Waals surface area (Å²) in [6.07, 6.45) is 4.73. The molecule has 0 bridgehead atoms. The summed E-state index contributed by atoms with van der Waals surface area (Å²) in [6.45, 7) is 4.44. The van der Waals surface area contributed by atoms with Crippen LogP contribution in [0.2, 0.25) is 0 Å². The van der Waals surface area contributed by atoms with Crippen LogP contribution in [0.1, 0.15) is 45.1 Å². The van der Waals surface area contributed by atoms with Crippen molar-refractivity contribution >= 4 is 11.6 Å². The highest BCUT2D eigenvalue weighted by molar-refractivity contribution is 5.93. The minimum absolute atomic E-state index is 0.0574. The number of anilines is 1. The molecule has 3 N–H and O–H groups in total. The standard InChI is InChI=1S/C17H24N2O2/c1-17(2)9-3-4-14(16(17)18)21-12-6-7-13-11(10-12)5-8-15(20)19-13/h6-7,10,14,16H,3-5,8-9,18H2,1-2H3,(H,19,20). The summed E-state index contributed by atoms with van der Waals surface area (Å²) in [4.78, 5) is 11.4. The number of nitrogens with one attached hydrogen (secondary N) is 1. The molecule has 1 aliphatic carbocycles. The molecule has 4 heteroatoms. The van der Waals surface area contributed by atoms with Crippen molar-refractivity contribution in [1.82, 2.24) is 0 Å². The molecule has 0 radical (unpaired) electrons. The molecule has 21 heavy (non-hydrogen) atoms. The van der Waals surface area contributed by atoms with E-state index in [-0.39, 0.29) is 23.5 Å². The number of benzene rings is 1. The molecule has 2 aliphatic rings. The van der Waals surface area contributed by atoms with Gasteiger partial charge in [-0.1, -0.05) is 13.8 Å². The van der Waals surface area contributed by atoms with Crippen molar-refractivity contribution in [2.24, 2.45) is 11.1 Å². The van der Waals surface area contributed by atoms with Crippen LogP contribution < -0.4 is 15.8 Å². The van der Waals surface area contributed by atoms with Gasteiger partial charge in [0.15, 0.2) is 0 Å². The second kappa shape index (κ2) is 5.34. The maximum absolute atomic E-state index is 11.4. The summed E-state index contributed by atoms with van der Waals surface area (Å²) >= 11 is 0. The van der Waals surface area contributed by atoms with E-state index in [0.29, 0.717) is 6.42 Å². The fraction of sp³-hybridized carbons (Fsp3) is 0.588. The number of carbonyl (C=O) groups excluding carboxylic acids is 1. The molecule has 1 heterocycles. The minimum Gasteiger partial charge on any atom is -0.489 e. The van der Waals surface area contributed by atoms with Crippen LogP contribution in [0.5, 0.6) is 5.75 Å². The normalized spacial score (nSPS) is 27.7. The summed E-state index contributed by atoms with van der Waals surface area (Å²) in [7, 11) is 0. The van der Waals surface area contributed by atoms with E-state index in [2.05, 4.69) is 19.2 Å². The molecule has 2 atom stereocenters. The molecule has 3 rings (SSSR count). The largest absolute Gasteiger partial charge is 0.489 e. The van der Waals surface area contributed by atoms with E-state index in [1.54, 1.807) is 0 Å². The maximum Gasteiger partial charge on any atom is 0.224 e. The van der Waals surface area contributed by atoms with Crippen molar-refractivity contribution in [2.75, 3.05) is 5.32 Å². The quantitative estimate of drug-likeness (QED) is 0.879. The molecular weight excluding hydrogens is 264 g/mol. The first-order valence-electron chi connectivity index (χ1n) is 7.81. The molecule has 0 spiro atoms. The third-order valence-corrected chi connectivity index (χ3v) is 4.87. The van der Waals surface area contributed by atoms with Crippen LogP contribution in [0, 0.1) is 5.41 Å². The van der Waals surface area contributed by atoms with Gasteiger partial charge < -0.3 is 15.8 Å². The van der Waals surface area contributed by atoms with Crippen LogP contribution >= 0.6 is 0 Å². The summed E-state index contributed by atoms with van der Waals surface area (Å²) in [5, 5.41) is 2.89. The van der Waals surface area contributed by atoms with Crippen molar-refractivity contribution in [3.05, 3.63) is 23.8 Å². The summed E-state index contributed by atoms with van der Waals surface area (Å²) in [5.41, 5.74) is 8.57. The number of aryl methyl sites for hydroxylation is 1. The van der Waals surface area contributed by atoms with Crippen LogP contribution in [0.15, 0.2) is 18.2 Å². The van der Waals surface area contributed by atoms with Crippen molar-refractivity contribution in [2.45, 2.75) is 58.1 Å². The smallest absolute Gasteiger partial charge is 0.224 e. The number of amides is 1.